The summed E-state index contributed by atoms with van der Waals surface area (Å²) in [6.45, 7) is 2.49. The Balaban J connectivity index is 2.50. The first-order valence-electron chi connectivity index (χ1n) is 5.60. The topological polar surface area (TPSA) is 50.7 Å². The van der Waals surface area contributed by atoms with Gasteiger partial charge in [-0.15, -0.1) is 0 Å². The number of pyridine rings is 1. The quantitative estimate of drug-likeness (QED) is 0.929. The van der Waals surface area contributed by atoms with Crippen LogP contribution in [0.4, 0.5) is 19.0 Å². The lowest BCUT2D eigenvalue weighted by atomic mass is 10.1. The van der Waals surface area contributed by atoms with E-state index in [1.165, 1.54) is 12.4 Å². The lowest BCUT2D eigenvalue weighted by Crippen LogP contribution is -2.08. The minimum Gasteiger partial charge on any atom is -0.370 e. The van der Waals surface area contributed by atoms with E-state index in [0.717, 1.165) is 18.5 Å². The van der Waals surface area contributed by atoms with Crippen LogP contribution >= 0.6 is 0 Å². The van der Waals surface area contributed by atoms with Crippen LogP contribution in [0.3, 0.4) is 0 Å². The van der Waals surface area contributed by atoms with Crippen molar-refractivity contribution in [1.82, 2.24) is 15.0 Å². The normalized spacial score (nSPS) is 11.4. The Kier molecular flexibility index (Phi) is 3.64. The number of halogens is 3. The van der Waals surface area contributed by atoms with Gasteiger partial charge in [-0.3, -0.25) is 4.98 Å². The molecule has 0 fully saturated rings. The average molecular weight is 268 g/mol. The van der Waals surface area contributed by atoms with Crippen LogP contribution in [0.5, 0.6) is 0 Å². The predicted octanol–water partition coefficient (Wildman–Crippen LogP) is 2.99. The van der Waals surface area contributed by atoms with Crippen LogP contribution in [0.1, 0.15) is 12.5 Å². The average Bonchev–Trinajstić information content (AvgIpc) is 2.38. The van der Waals surface area contributed by atoms with Gasteiger partial charge in [0.25, 0.3) is 0 Å². The van der Waals surface area contributed by atoms with E-state index in [1.54, 1.807) is 0 Å². The summed E-state index contributed by atoms with van der Waals surface area (Å²) in [7, 11) is 0. The van der Waals surface area contributed by atoms with Crippen molar-refractivity contribution < 1.29 is 13.2 Å². The number of aromatic nitrogens is 3. The minimum atomic E-state index is -4.44. The molecule has 0 aliphatic carbocycles. The second-order valence-electron chi connectivity index (χ2n) is 3.74. The van der Waals surface area contributed by atoms with E-state index in [0.29, 0.717) is 12.4 Å². The van der Waals surface area contributed by atoms with Gasteiger partial charge in [-0.1, -0.05) is 0 Å². The fourth-order valence-electron chi connectivity index (χ4n) is 1.63. The summed E-state index contributed by atoms with van der Waals surface area (Å²) < 4.78 is 38.7. The van der Waals surface area contributed by atoms with Crippen molar-refractivity contribution in [1.29, 1.82) is 0 Å². The first kappa shape index (κ1) is 13.3. The van der Waals surface area contributed by atoms with Crippen LogP contribution in [0, 0.1) is 0 Å². The second-order valence-corrected chi connectivity index (χ2v) is 3.74. The molecule has 7 heteroatoms. The Labute approximate surface area is 107 Å². The van der Waals surface area contributed by atoms with Crippen LogP contribution in [-0.2, 0) is 6.18 Å². The predicted molar refractivity (Wildman–Crippen MR) is 64.4 cm³/mol. The minimum absolute atomic E-state index is 0.0587. The molecule has 0 bridgehead atoms. The first-order chi connectivity index (χ1) is 9.02. The van der Waals surface area contributed by atoms with E-state index in [2.05, 4.69) is 20.3 Å². The Morgan fingerprint density at radius 2 is 2.05 bits per heavy atom. The summed E-state index contributed by atoms with van der Waals surface area (Å²) in [5.74, 6) is 0.476. The highest BCUT2D eigenvalue weighted by atomic mass is 19.4. The molecule has 0 aromatic carbocycles. The van der Waals surface area contributed by atoms with E-state index < -0.39 is 11.7 Å². The summed E-state index contributed by atoms with van der Waals surface area (Å²) in [6.07, 6.45) is -0.957. The van der Waals surface area contributed by atoms with E-state index >= 15 is 0 Å². The number of hydrogen-bond acceptors (Lipinski definition) is 4. The molecule has 0 aliphatic rings. The Morgan fingerprint density at radius 1 is 1.26 bits per heavy atom. The summed E-state index contributed by atoms with van der Waals surface area (Å²) in [5, 5.41) is 2.92. The molecule has 4 nitrogen and oxygen atoms in total. The molecule has 0 aliphatic heterocycles. The van der Waals surface area contributed by atoms with Crippen molar-refractivity contribution in [2.24, 2.45) is 0 Å². The van der Waals surface area contributed by atoms with Gasteiger partial charge in [0, 0.05) is 30.6 Å². The zero-order chi connectivity index (χ0) is 13.9. The second kappa shape index (κ2) is 5.21. The molecule has 2 rings (SSSR count). The number of rotatable bonds is 3. The van der Waals surface area contributed by atoms with Crippen molar-refractivity contribution in [2.45, 2.75) is 13.1 Å². The van der Waals surface area contributed by atoms with Gasteiger partial charge in [-0.2, -0.15) is 13.2 Å². The number of anilines is 1. The molecule has 0 atom stereocenters. The highest BCUT2D eigenvalue weighted by Crippen LogP contribution is 2.35. The van der Waals surface area contributed by atoms with Crippen molar-refractivity contribution >= 4 is 5.82 Å². The SMILES string of the molecule is CCNc1cc(-c2cnccc2C(F)(F)F)ncn1. The van der Waals surface area contributed by atoms with Crippen LogP contribution in [0.15, 0.2) is 30.9 Å². The van der Waals surface area contributed by atoms with Gasteiger partial charge in [0.15, 0.2) is 0 Å². The van der Waals surface area contributed by atoms with Gasteiger partial charge in [-0.25, -0.2) is 9.97 Å². The van der Waals surface area contributed by atoms with E-state index in [1.807, 2.05) is 6.92 Å². The zero-order valence-electron chi connectivity index (χ0n) is 10.1. The van der Waals surface area contributed by atoms with E-state index in [-0.39, 0.29) is 11.3 Å². The highest BCUT2D eigenvalue weighted by molar-refractivity contribution is 5.65. The van der Waals surface area contributed by atoms with Crippen LogP contribution in [-0.4, -0.2) is 21.5 Å². The number of nitrogens with one attached hydrogen (secondary N) is 1. The van der Waals surface area contributed by atoms with E-state index in [4.69, 9.17) is 0 Å². The van der Waals surface area contributed by atoms with Crippen LogP contribution in [0.25, 0.3) is 11.3 Å². The molecule has 2 aromatic rings. The van der Waals surface area contributed by atoms with E-state index in [9.17, 15) is 13.2 Å². The summed E-state index contributed by atoms with van der Waals surface area (Å²) in [4.78, 5) is 11.5. The Bertz CT molecular complexity index is 569. The molecule has 0 spiro atoms. The van der Waals surface area contributed by atoms with Gasteiger partial charge < -0.3 is 5.32 Å². The molecular weight excluding hydrogens is 257 g/mol. The molecule has 2 aromatic heterocycles. The third-order valence-electron chi connectivity index (χ3n) is 2.43. The Morgan fingerprint density at radius 3 is 2.74 bits per heavy atom. The maximum absolute atomic E-state index is 12.9. The van der Waals surface area contributed by atoms with Gasteiger partial charge in [0.1, 0.15) is 12.1 Å². The van der Waals surface area contributed by atoms with Gasteiger partial charge in [-0.05, 0) is 13.0 Å². The van der Waals surface area contributed by atoms with Crippen molar-refractivity contribution in [2.75, 3.05) is 11.9 Å². The molecule has 0 amide bonds. The monoisotopic (exact) mass is 268 g/mol. The van der Waals surface area contributed by atoms with Crippen LogP contribution < -0.4 is 5.32 Å². The maximum atomic E-state index is 12.9. The lowest BCUT2D eigenvalue weighted by molar-refractivity contribution is -0.137. The molecule has 0 saturated heterocycles. The zero-order valence-corrected chi connectivity index (χ0v) is 10.1. The third-order valence-corrected chi connectivity index (χ3v) is 2.43. The highest BCUT2D eigenvalue weighted by Gasteiger charge is 2.34. The summed E-state index contributed by atoms with van der Waals surface area (Å²) >= 11 is 0. The third kappa shape index (κ3) is 2.98. The van der Waals surface area contributed by atoms with Gasteiger partial charge >= 0.3 is 6.18 Å². The largest absolute Gasteiger partial charge is 0.417 e. The number of nitrogens with zero attached hydrogens (tertiary/aromatic N) is 3. The molecule has 19 heavy (non-hydrogen) atoms. The summed E-state index contributed by atoms with van der Waals surface area (Å²) in [6, 6.07) is 2.40. The first-order valence-corrected chi connectivity index (χ1v) is 5.60. The number of hydrogen-bond donors (Lipinski definition) is 1. The molecule has 0 radical (unpaired) electrons. The van der Waals surface area contributed by atoms with Crippen LogP contribution in [0.2, 0.25) is 0 Å². The van der Waals surface area contributed by atoms with Crippen molar-refractivity contribution in [3.63, 3.8) is 0 Å². The summed E-state index contributed by atoms with van der Waals surface area (Å²) in [5.41, 5.74) is -0.633. The molecule has 2 heterocycles. The molecule has 1 N–H and O–H groups in total. The van der Waals surface area contributed by atoms with Crippen molar-refractivity contribution in [3.8, 4) is 11.3 Å². The van der Waals surface area contributed by atoms with Gasteiger partial charge in [0.2, 0.25) is 0 Å². The fraction of sp³-hybridized carbons (Fsp3) is 0.250. The lowest BCUT2D eigenvalue weighted by Gasteiger charge is -2.12. The maximum Gasteiger partial charge on any atom is 0.417 e. The Hall–Kier alpha value is -2.18. The van der Waals surface area contributed by atoms with Crippen molar-refractivity contribution in [3.05, 3.63) is 36.4 Å². The van der Waals surface area contributed by atoms with Gasteiger partial charge in [0.05, 0.1) is 11.3 Å². The molecule has 100 valence electrons. The number of alkyl halides is 3. The fourth-order valence-corrected chi connectivity index (χ4v) is 1.63. The smallest absolute Gasteiger partial charge is 0.370 e. The molecule has 0 saturated carbocycles. The standard InChI is InChI=1S/C12H11F3N4/c1-2-17-11-5-10(18-7-19-11)8-6-16-4-3-9(8)12(13,14)15/h3-7H,2H2,1H3,(H,17,18,19). The molecule has 0 unspecified atom stereocenters. The molecular formula is C12H11F3N4.